The van der Waals surface area contributed by atoms with Crippen molar-refractivity contribution in [3.05, 3.63) is 0 Å². The average molecular weight is 292 g/mol. The van der Waals surface area contributed by atoms with Crippen LogP contribution < -0.4 is 5.32 Å². The first kappa shape index (κ1) is 16.9. The number of nitrogens with one attached hydrogen (secondary N) is 1. The standard InChI is InChI=1S/C13H28N2O3S/c1-4-12(2)15(8-9-18-3)7-6-14-13-5-10-19(16,17)11-13/h12-14H,4-11H2,1-3H3. The monoisotopic (exact) mass is 292 g/mol. The van der Waals surface area contributed by atoms with Crippen molar-refractivity contribution in [3.63, 3.8) is 0 Å². The second-order valence-corrected chi connectivity index (χ2v) is 7.57. The highest BCUT2D eigenvalue weighted by molar-refractivity contribution is 7.91. The minimum absolute atomic E-state index is 0.145. The average Bonchev–Trinajstić information content (AvgIpc) is 2.72. The van der Waals surface area contributed by atoms with Crippen LogP contribution in [0.4, 0.5) is 0 Å². The van der Waals surface area contributed by atoms with Crippen molar-refractivity contribution in [2.75, 3.05) is 44.9 Å². The van der Waals surface area contributed by atoms with Gasteiger partial charge < -0.3 is 10.1 Å². The fourth-order valence-electron chi connectivity index (χ4n) is 2.39. The van der Waals surface area contributed by atoms with Crippen LogP contribution >= 0.6 is 0 Å². The maximum absolute atomic E-state index is 11.4. The number of hydrogen-bond acceptors (Lipinski definition) is 5. The lowest BCUT2D eigenvalue weighted by atomic mass is 10.2. The molecule has 0 bridgehead atoms. The Morgan fingerprint density at radius 3 is 2.68 bits per heavy atom. The molecule has 0 amide bonds. The van der Waals surface area contributed by atoms with Gasteiger partial charge in [0.25, 0.3) is 0 Å². The van der Waals surface area contributed by atoms with Gasteiger partial charge in [-0.05, 0) is 19.8 Å². The first-order chi connectivity index (χ1) is 8.98. The highest BCUT2D eigenvalue weighted by Crippen LogP contribution is 2.11. The van der Waals surface area contributed by atoms with Crippen molar-refractivity contribution in [2.45, 2.75) is 38.8 Å². The first-order valence-corrected chi connectivity index (χ1v) is 8.97. The molecule has 1 heterocycles. The van der Waals surface area contributed by atoms with Gasteiger partial charge in [-0.25, -0.2) is 8.42 Å². The molecule has 6 heteroatoms. The number of methoxy groups -OCH3 is 1. The molecule has 2 atom stereocenters. The molecular formula is C13H28N2O3S. The summed E-state index contributed by atoms with van der Waals surface area (Å²) in [5, 5.41) is 3.36. The number of nitrogens with zero attached hydrogens (tertiary/aromatic N) is 1. The van der Waals surface area contributed by atoms with E-state index in [1.807, 2.05) is 0 Å². The van der Waals surface area contributed by atoms with Crippen LogP contribution in [0.1, 0.15) is 26.7 Å². The van der Waals surface area contributed by atoms with Gasteiger partial charge in [0, 0.05) is 38.8 Å². The molecule has 1 saturated heterocycles. The molecule has 1 rings (SSSR count). The lowest BCUT2D eigenvalue weighted by Crippen LogP contribution is -2.42. The van der Waals surface area contributed by atoms with E-state index in [1.54, 1.807) is 7.11 Å². The maximum atomic E-state index is 11.4. The van der Waals surface area contributed by atoms with E-state index < -0.39 is 9.84 Å². The van der Waals surface area contributed by atoms with Gasteiger partial charge in [-0.3, -0.25) is 4.90 Å². The fourth-order valence-corrected chi connectivity index (χ4v) is 4.10. The zero-order valence-corrected chi connectivity index (χ0v) is 13.2. The minimum atomic E-state index is -2.78. The lowest BCUT2D eigenvalue weighted by Gasteiger charge is -2.28. The molecule has 0 aliphatic carbocycles. The molecule has 0 radical (unpaired) electrons. The second-order valence-electron chi connectivity index (χ2n) is 5.34. The molecule has 1 N–H and O–H groups in total. The van der Waals surface area contributed by atoms with Crippen molar-refractivity contribution >= 4 is 9.84 Å². The van der Waals surface area contributed by atoms with Gasteiger partial charge in [0.2, 0.25) is 0 Å². The smallest absolute Gasteiger partial charge is 0.151 e. The van der Waals surface area contributed by atoms with E-state index in [0.717, 1.165) is 39.1 Å². The minimum Gasteiger partial charge on any atom is -0.383 e. The summed E-state index contributed by atoms with van der Waals surface area (Å²) in [6, 6.07) is 0.676. The van der Waals surface area contributed by atoms with Gasteiger partial charge >= 0.3 is 0 Å². The second kappa shape index (κ2) is 8.19. The van der Waals surface area contributed by atoms with Crippen molar-refractivity contribution in [1.29, 1.82) is 0 Å². The largest absolute Gasteiger partial charge is 0.383 e. The maximum Gasteiger partial charge on any atom is 0.151 e. The van der Waals surface area contributed by atoms with Crippen LogP contribution in [0.2, 0.25) is 0 Å². The summed E-state index contributed by atoms with van der Waals surface area (Å²) in [5.74, 6) is 0.637. The van der Waals surface area contributed by atoms with Gasteiger partial charge in [0.05, 0.1) is 18.1 Å². The van der Waals surface area contributed by atoms with E-state index in [4.69, 9.17) is 4.74 Å². The van der Waals surface area contributed by atoms with Gasteiger partial charge in [-0.1, -0.05) is 6.92 Å². The number of ether oxygens (including phenoxy) is 1. The van der Waals surface area contributed by atoms with Crippen LogP contribution in [0.5, 0.6) is 0 Å². The molecule has 0 aromatic heterocycles. The summed E-state index contributed by atoms with van der Waals surface area (Å²) in [5.41, 5.74) is 0. The number of sulfone groups is 1. The summed E-state index contributed by atoms with van der Waals surface area (Å²) in [6.45, 7) is 7.85. The molecular weight excluding hydrogens is 264 g/mol. The van der Waals surface area contributed by atoms with Crippen LogP contribution in [-0.4, -0.2) is 70.3 Å². The van der Waals surface area contributed by atoms with E-state index in [2.05, 4.69) is 24.1 Å². The molecule has 0 spiro atoms. The Morgan fingerprint density at radius 2 is 2.16 bits per heavy atom. The Labute approximate surface area is 117 Å². The summed E-state index contributed by atoms with van der Waals surface area (Å²) in [6.07, 6.45) is 1.87. The summed E-state index contributed by atoms with van der Waals surface area (Å²) >= 11 is 0. The van der Waals surface area contributed by atoms with E-state index in [0.29, 0.717) is 17.5 Å². The van der Waals surface area contributed by atoms with Gasteiger partial charge in [-0.15, -0.1) is 0 Å². The van der Waals surface area contributed by atoms with E-state index >= 15 is 0 Å². The number of rotatable bonds is 9. The van der Waals surface area contributed by atoms with Crippen LogP contribution in [0.15, 0.2) is 0 Å². The van der Waals surface area contributed by atoms with Crippen LogP contribution in [-0.2, 0) is 14.6 Å². The van der Waals surface area contributed by atoms with Crippen molar-refractivity contribution in [1.82, 2.24) is 10.2 Å². The molecule has 2 unspecified atom stereocenters. The highest BCUT2D eigenvalue weighted by atomic mass is 32.2. The summed E-state index contributed by atoms with van der Waals surface area (Å²) < 4.78 is 27.9. The Hall–Kier alpha value is -0.170. The van der Waals surface area contributed by atoms with E-state index in [1.165, 1.54) is 0 Å². The third kappa shape index (κ3) is 6.21. The lowest BCUT2D eigenvalue weighted by molar-refractivity contribution is 0.123. The molecule has 0 saturated carbocycles. The summed E-state index contributed by atoms with van der Waals surface area (Å²) in [4.78, 5) is 2.39. The van der Waals surface area contributed by atoms with Crippen LogP contribution in [0, 0.1) is 0 Å². The number of hydrogen-bond donors (Lipinski definition) is 1. The van der Waals surface area contributed by atoms with Crippen molar-refractivity contribution in [3.8, 4) is 0 Å². The van der Waals surface area contributed by atoms with Gasteiger partial charge in [0.15, 0.2) is 9.84 Å². The third-order valence-corrected chi connectivity index (χ3v) is 5.63. The predicted octanol–water partition coefficient (Wildman–Crippen LogP) is 0.510. The van der Waals surface area contributed by atoms with E-state index in [-0.39, 0.29) is 6.04 Å². The topological polar surface area (TPSA) is 58.6 Å². The zero-order valence-electron chi connectivity index (χ0n) is 12.4. The normalized spacial score (nSPS) is 23.9. The Kier molecular flexibility index (Phi) is 7.28. The predicted molar refractivity (Wildman–Crippen MR) is 78.3 cm³/mol. The molecule has 1 aliphatic rings. The van der Waals surface area contributed by atoms with Gasteiger partial charge in [0.1, 0.15) is 0 Å². The molecule has 114 valence electrons. The van der Waals surface area contributed by atoms with Crippen molar-refractivity contribution < 1.29 is 13.2 Å². The Morgan fingerprint density at radius 1 is 1.42 bits per heavy atom. The Balaban J connectivity index is 2.28. The molecule has 0 aromatic carbocycles. The van der Waals surface area contributed by atoms with E-state index in [9.17, 15) is 8.42 Å². The first-order valence-electron chi connectivity index (χ1n) is 7.15. The van der Waals surface area contributed by atoms with Crippen LogP contribution in [0.25, 0.3) is 0 Å². The third-order valence-electron chi connectivity index (χ3n) is 3.86. The molecule has 0 aromatic rings. The molecule has 1 fully saturated rings. The highest BCUT2D eigenvalue weighted by Gasteiger charge is 2.27. The molecule has 19 heavy (non-hydrogen) atoms. The quantitative estimate of drug-likeness (QED) is 0.671. The SMILES string of the molecule is CCC(C)N(CCNC1CCS(=O)(=O)C1)CCOC. The molecule has 1 aliphatic heterocycles. The summed E-state index contributed by atoms with van der Waals surface area (Å²) in [7, 11) is -1.06. The molecule has 5 nitrogen and oxygen atoms in total. The van der Waals surface area contributed by atoms with Crippen LogP contribution in [0.3, 0.4) is 0 Å². The zero-order chi connectivity index (χ0) is 14.3. The Bertz CT molecular complexity index is 346. The fraction of sp³-hybridized carbons (Fsp3) is 1.00. The van der Waals surface area contributed by atoms with Gasteiger partial charge in [-0.2, -0.15) is 0 Å². The van der Waals surface area contributed by atoms with Crippen molar-refractivity contribution in [2.24, 2.45) is 0 Å².